The fourth-order valence-electron chi connectivity index (χ4n) is 0. The lowest BCUT2D eigenvalue weighted by atomic mass is 11.4. The van der Waals surface area contributed by atoms with Crippen LogP contribution in [0.5, 0.6) is 0 Å². The maximum Gasteiger partial charge on any atom is 0.221 e. The van der Waals surface area contributed by atoms with Crippen LogP contribution >= 0.6 is 0 Å². The fraction of sp³-hybridized carbons (Fsp3) is 0.500. The van der Waals surface area contributed by atoms with Gasteiger partial charge in [-0.05, 0) is 0 Å². The van der Waals surface area contributed by atoms with Crippen molar-refractivity contribution in [3.8, 4) is 0 Å². The first-order chi connectivity index (χ1) is 1.91. The second kappa shape index (κ2) is 9.90. The average Bonchev–Trinajstić information content (AvgIpc) is 1.37. The van der Waals surface area contributed by atoms with Crippen molar-refractivity contribution in [3.05, 3.63) is 0 Å². The molecule has 0 aliphatic carbocycles. The Bertz CT molecular complexity index is 21.6. The molecule has 0 fully saturated rings. The second-order valence-corrected chi connectivity index (χ2v) is 0.285. The Labute approximate surface area is 31.1 Å². The lowest BCUT2D eigenvalue weighted by Gasteiger charge is -1.66. The predicted octanol–water partition coefficient (Wildman–Crippen LogP) is -0.758. The molecule has 0 radical (unpaired) electrons. The van der Waals surface area contributed by atoms with E-state index in [0.717, 1.165) is 0 Å². The molecule has 3 heteroatoms. The van der Waals surface area contributed by atoms with Crippen molar-refractivity contribution in [2.75, 3.05) is 0 Å². The molecule has 0 saturated carbocycles. The summed E-state index contributed by atoms with van der Waals surface area (Å²) >= 11 is 0. The minimum atomic E-state index is 0. The van der Waals surface area contributed by atoms with Crippen LogP contribution in [-0.4, -0.2) is 6.41 Å². The SMILES string of the molecule is C.NNC=O. The Morgan fingerprint density at radius 3 is 2.00 bits per heavy atom. The molecule has 0 aliphatic rings. The number of carbonyl (C=O) groups excluding carboxylic acids is 1. The maximum atomic E-state index is 8.94. The zero-order valence-corrected chi connectivity index (χ0v) is 2.06. The Kier molecular flexibility index (Phi) is 17.5. The van der Waals surface area contributed by atoms with Gasteiger partial charge < -0.3 is 0 Å². The zero-order valence-electron chi connectivity index (χ0n) is 2.06. The van der Waals surface area contributed by atoms with Crippen molar-refractivity contribution in [1.82, 2.24) is 5.43 Å². The van der Waals surface area contributed by atoms with Crippen molar-refractivity contribution in [2.45, 2.75) is 7.43 Å². The molecule has 0 atom stereocenters. The van der Waals surface area contributed by atoms with Gasteiger partial charge in [-0.15, -0.1) is 0 Å². The summed E-state index contributed by atoms with van der Waals surface area (Å²) in [5, 5.41) is 0. The van der Waals surface area contributed by atoms with E-state index in [-0.39, 0.29) is 7.43 Å². The van der Waals surface area contributed by atoms with Gasteiger partial charge in [0.1, 0.15) is 0 Å². The minimum Gasteiger partial charge on any atom is -0.297 e. The van der Waals surface area contributed by atoms with Crippen molar-refractivity contribution >= 4 is 6.41 Å². The first kappa shape index (κ1) is 8.83. The highest BCUT2D eigenvalue weighted by molar-refractivity contribution is 5.44. The first-order valence-corrected chi connectivity index (χ1v) is 0.813. The average molecular weight is 76.1 g/mol. The van der Waals surface area contributed by atoms with Gasteiger partial charge in [0, 0.05) is 0 Å². The molecular formula is C2H8N2O. The van der Waals surface area contributed by atoms with Crippen LogP contribution in [0.1, 0.15) is 7.43 Å². The first-order valence-electron chi connectivity index (χ1n) is 0.813. The van der Waals surface area contributed by atoms with E-state index in [9.17, 15) is 0 Å². The molecule has 0 spiro atoms. The van der Waals surface area contributed by atoms with Gasteiger partial charge >= 0.3 is 0 Å². The third-order valence-corrected chi connectivity index (χ3v) is 0.0680. The van der Waals surface area contributed by atoms with Crippen LogP contribution in [-0.2, 0) is 4.79 Å². The normalized spacial score (nSPS) is 4.20. The fourth-order valence-corrected chi connectivity index (χ4v) is 0. The van der Waals surface area contributed by atoms with Crippen LogP contribution in [0, 0.1) is 0 Å². The Balaban J connectivity index is 0. The van der Waals surface area contributed by atoms with Crippen molar-refractivity contribution in [3.63, 3.8) is 0 Å². The molecule has 0 unspecified atom stereocenters. The molecular weight excluding hydrogens is 68.0 g/mol. The van der Waals surface area contributed by atoms with E-state index in [0.29, 0.717) is 6.41 Å². The van der Waals surface area contributed by atoms with Crippen molar-refractivity contribution in [1.29, 1.82) is 0 Å². The number of hydrogen-bond donors (Lipinski definition) is 2. The van der Waals surface area contributed by atoms with E-state index in [1.165, 1.54) is 0 Å². The number of carbonyl (C=O) groups is 1. The molecule has 3 N–H and O–H groups in total. The number of rotatable bonds is 1. The molecule has 0 aromatic rings. The van der Waals surface area contributed by atoms with E-state index in [4.69, 9.17) is 4.79 Å². The van der Waals surface area contributed by atoms with Gasteiger partial charge in [0.25, 0.3) is 0 Å². The van der Waals surface area contributed by atoms with E-state index in [1.54, 1.807) is 5.43 Å². The number of hydrogen-bond acceptors (Lipinski definition) is 2. The van der Waals surface area contributed by atoms with Gasteiger partial charge in [0.05, 0.1) is 0 Å². The molecule has 0 rings (SSSR count). The van der Waals surface area contributed by atoms with Crippen molar-refractivity contribution < 1.29 is 4.79 Å². The highest BCUT2D eigenvalue weighted by Gasteiger charge is 1.42. The van der Waals surface area contributed by atoms with Gasteiger partial charge in [-0.2, -0.15) is 0 Å². The maximum absolute atomic E-state index is 8.94. The monoisotopic (exact) mass is 76.1 g/mol. The molecule has 0 aliphatic heterocycles. The molecule has 0 bridgehead atoms. The topological polar surface area (TPSA) is 55.1 Å². The summed E-state index contributed by atoms with van der Waals surface area (Å²) in [4.78, 5) is 8.94. The van der Waals surface area contributed by atoms with Crippen LogP contribution in [0.25, 0.3) is 0 Å². The Hall–Kier alpha value is -0.570. The zero-order chi connectivity index (χ0) is 3.41. The molecule has 0 aromatic carbocycles. The summed E-state index contributed by atoms with van der Waals surface area (Å²) in [5.74, 6) is 4.41. The smallest absolute Gasteiger partial charge is 0.221 e. The summed E-state index contributed by atoms with van der Waals surface area (Å²) < 4.78 is 0. The number of nitrogens with one attached hydrogen (secondary N) is 1. The molecule has 0 heterocycles. The number of nitrogens with two attached hydrogens (primary N) is 1. The lowest BCUT2D eigenvalue weighted by molar-refractivity contribution is -0.109. The van der Waals surface area contributed by atoms with Crippen molar-refractivity contribution in [2.24, 2.45) is 5.84 Å². The lowest BCUT2D eigenvalue weighted by Crippen LogP contribution is -2.18. The van der Waals surface area contributed by atoms with Crippen LogP contribution < -0.4 is 11.3 Å². The summed E-state index contributed by atoms with van der Waals surface area (Å²) in [5.41, 5.74) is 1.75. The summed E-state index contributed by atoms with van der Waals surface area (Å²) in [6.45, 7) is 0. The molecule has 0 saturated heterocycles. The van der Waals surface area contributed by atoms with E-state index in [2.05, 4.69) is 5.84 Å². The standard InChI is InChI=1S/CH4N2O.CH4/c2-3-1-4;/h1H,2H2,(H,3,4);1H4. The largest absolute Gasteiger partial charge is 0.297 e. The van der Waals surface area contributed by atoms with Gasteiger partial charge in [0.15, 0.2) is 0 Å². The van der Waals surface area contributed by atoms with E-state index in [1.807, 2.05) is 0 Å². The van der Waals surface area contributed by atoms with Crippen LogP contribution in [0.3, 0.4) is 0 Å². The minimum absolute atomic E-state index is 0. The van der Waals surface area contributed by atoms with Crippen LogP contribution in [0.4, 0.5) is 0 Å². The summed E-state index contributed by atoms with van der Waals surface area (Å²) in [6, 6.07) is 0. The number of hydrazine groups is 1. The third-order valence-electron chi connectivity index (χ3n) is 0.0680. The highest BCUT2D eigenvalue weighted by Crippen LogP contribution is 0.992. The van der Waals surface area contributed by atoms with E-state index >= 15 is 0 Å². The predicted molar refractivity (Wildman–Crippen MR) is 20.1 cm³/mol. The quantitative estimate of drug-likeness (QED) is 0.187. The highest BCUT2D eigenvalue weighted by atomic mass is 16.1. The van der Waals surface area contributed by atoms with E-state index < -0.39 is 0 Å². The molecule has 1 amide bonds. The van der Waals surface area contributed by atoms with Crippen LogP contribution in [0.15, 0.2) is 0 Å². The van der Waals surface area contributed by atoms with Crippen LogP contribution in [0.2, 0.25) is 0 Å². The second-order valence-electron chi connectivity index (χ2n) is 0.285. The molecule has 32 valence electrons. The van der Waals surface area contributed by atoms with Gasteiger partial charge in [-0.1, -0.05) is 7.43 Å². The van der Waals surface area contributed by atoms with Gasteiger partial charge in [0.2, 0.25) is 6.41 Å². The molecule has 3 nitrogen and oxygen atoms in total. The Morgan fingerprint density at radius 2 is 2.00 bits per heavy atom. The molecule has 5 heavy (non-hydrogen) atoms. The molecule has 0 aromatic heterocycles. The summed E-state index contributed by atoms with van der Waals surface area (Å²) in [7, 11) is 0. The third kappa shape index (κ3) is 37.9. The van der Waals surface area contributed by atoms with Gasteiger partial charge in [-0.3, -0.25) is 10.2 Å². The number of amides is 1. The van der Waals surface area contributed by atoms with Gasteiger partial charge in [-0.25, -0.2) is 5.84 Å². The Morgan fingerprint density at radius 1 is 1.80 bits per heavy atom. The summed E-state index contributed by atoms with van der Waals surface area (Å²) in [6.07, 6.45) is 0.403.